The molecule has 1 aliphatic heterocycles. The molecule has 1 amide bonds. The summed E-state index contributed by atoms with van der Waals surface area (Å²) in [6.45, 7) is 3.73. The Kier molecular flexibility index (Phi) is 5.30. The fourth-order valence-electron chi connectivity index (χ4n) is 3.07. The van der Waals surface area contributed by atoms with E-state index in [1.165, 1.54) is 5.56 Å². The molecule has 0 saturated carbocycles. The average Bonchev–Trinajstić information content (AvgIpc) is 3.09. The number of carbonyl (C=O) groups excluding carboxylic acids is 1. The number of oxazole rings is 1. The Balaban J connectivity index is 1.52. The van der Waals surface area contributed by atoms with Gasteiger partial charge in [-0.05, 0) is 26.8 Å². The van der Waals surface area contributed by atoms with Crippen LogP contribution >= 0.6 is 0 Å². The van der Waals surface area contributed by atoms with Crippen LogP contribution in [-0.2, 0) is 11.2 Å². The standard InChI is InChI=1S/C19H25N3O2/c1-14-3-5-15(6-4-14)17-13-21-18(24-17)7-8-19(23)22-11-9-16(20-2)10-12-22/h3-6,13,16,20H,7-12H2,1-2H3. The predicted octanol–water partition coefficient (Wildman–Crippen LogP) is 2.79. The first-order valence-corrected chi connectivity index (χ1v) is 8.62. The molecule has 0 aliphatic carbocycles. The largest absolute Gasteiger partial charge is 0.441 e. The van der Waals surface area contributed by atoms with Gasteiger partial charge in [-0.3, -0.25) is 4.79 Å². The zero-order valence-corrected chi connectivity index (χ0v) is 14.4. The van der Waals surface area contributed by atoms with Crippen molar-refractivity contribution in [2.75, 3.05) is 20.1 Å². The van der Waals surface area contributed by atoms with Crippen LogP contribution in [0, 0.1) is 6.92 Å². The number of aromatic nitrogens is 1. The van der Waals surface area contributed by atoms with Crippen LogP contribution < -0.4 is 5.32 Å². The number of likely N-dealkylation sites (tertiary alicyclic amines) is 1. The number of piperidine rings is 1. The number of rotatable bonds is 5. The van der Waals surface area contributed by atoms with Gasteiger partial charge in [0.2, 0.25) is 5.91 Å². The minimum atomic E-state index is 0.194. The molecule has 24 heavy (non-hydrogen) atoms. The maximum atomic E-state index is 12.3. The second-order valence-electron chi connectivity index (χ2n) is 6.43. The first-order valence-electron chi connectivity index (χ1n) is 8.62. The molecule has 1 aromatic carbocycles. The summed E-state index contributed by atoms with van der Waals surface area (Å²) in [7, 11) is 1.98. The number of aryl methyl sites for hydroxylation is 2. The van der Waals surface area contributed by atoms with Crippen molar-refractivity contribution >= 4 is 5.91 Å². The van der Waals surface area contributed by atoms with E-state index in [2.05, 4.69) is 29.4 Å². The van der Waals surface area contributed by atoms with Gasteiger partial charge >= 0.3 is 0 Å². The normalized spacial score (nSPS) is 15.7. The van der Waals surface area contributed by atoms with Gasteiger partial charge in [-0.1, -0.05) is 29.8 Å². The molecule has 2 aromatic rings. The molecule has 1 aliphatic rings. The highest BCUT2D eigenvalue weighted by Gasteiger charge is 2.21. The minimum Gasteiger partial charge on any atom is -0.441 e. The van der Waals surface area contributed by atoms with Crippen molar-refractivity contribution < 1.29 is 9.21 Å². The molecule has 5 heteroatoms. The summed E-state index contributed by atoms with van der Waals surface area (Å²) >= 11 is 0. The topological polar surface area (TPSA) is 58.4 Å². The Morgan fingerprint density at radius 1 is 1.29 bits per heavy atom. The molecule has 1 N–H and O–H groups in total. The Morgan fingerprint density at radius 2 is 2.00 bits per heavy atom. The minimum absolute atomic E-state index is 0.194. The maximum absolute atomic E-state index is 12.3. The number of nitrogens with one attached hydrogen (secondary N) is 1. The third kappa shape index (κ3) is 4.03. The Labute approximate surface area is 143 Å². The molecule has 3 rings (SSSR count). The van der Waals surface area contributed by atoms with E-state index in [0.717, 1.165) is 37.3 Å². The summed E-state index contributed by atoms with van der Waals surface area (Å²) in [5, 5.41) is 3.28. The maximum Gasteiger partial charge on any atom is 0.223 e. The average molecular weight is 327 g/mol. The van der Waals surface area contributed by atoms with Crippen molar-refractivity contribution in [3.05, 3.63) is 41.9 Å². The lowest BCUT2D eigenvalue weighted by molar-refractivity contribution is -0.132. The summed E-state index contributed by atoms with van der Waals surface area (Å²) < 4.78 is 5.79. The van der Waals surface area contributed by atoms with Gasteiger partial charge in [-0.2, -0.15) is 0 Å². The molecule has 1 fully saturated rings. The van der Waals surface area contributed by atoms with Crippen LogP contribution in [0.2, 0.25) is 0 Å². The van der Waals surface area contributed by atoms with Crippen LogP contribution in [0.25, 0.3) is 11.3 Å². The van der Waals surface area contributed by atoms with Crippen molar-refractivity contribution in [1.29, 1.82) is 0 Å². The lowest BCUT2D eigenvalue weighted by Crippen LogP contribution is -2.44. The summed E-state index contributed by atoms with van der Waals surface area (Å²) in [5.74, 6) is 1.58. The second-order valence-corrected chi connectivity index (χ2v) is 6.43. The van der Waals surface area contributed by atoms with Crippen molar-refractivity contribution in [2.24, 2.45) is 0 Å². The monoisotopic (exact) mass is 327 g/mol. The third-order valence-electron chi connectivity index (χ3n) is 4.70. The number of hydrogen-bond acceptors (Lipinski definition) is 4. The number of carbonyl (C=O) groups is 1. The molecule has 0 radical (unpaired) electrons. The van der Waals surface area contributed by atoms with Crippen LogP contribution in [0.3, 0.4) is 0 Å². The number of amides is 1. The van der Waals surface area contributed by atoms with Crippen LogP contribution in [0.15, 0.2) is 34.9 Å². The van der Waals surface area contributed by atoms with E-state index in [4.69, 9.17) is 4.42 Å². The lowest BCUT2D eigenvalue weighted by atomic mass is 10.0. The predicted molar refractivity (Wildman–Crippen MR) is 93.7 cm³/mol. The molecule has 128 valence electrons. The quantitative estimate of drug-likeness (QED) is 0.917. The van der Waals surface area contributed by atoms with Crippen LogP contribution in [0.1, 0.15) is 30.7 Å². The first kappa shape index (κ1) is 16.7. The SMILES string of the molecule is CNC1CCN(C(=O)CCc2ncc(-c3ccc(C)cc3)o2)CC1. The van der Waals surface area contributed by atoms with Crippen LogP contribution in [-0.4, -0.2) is 42.0 Å². The zero-order chi connectivity index (χ0) is 16.9. The molecular weight excluding hydrogens is 302 g/mol. The van der Waals surface area contributed by atoms with E-state index < -0.39 is 0 Å². The highest BCUT2D eigenvalue weighted by molar-refractivity contribution is 5.76. The Morgan fingerprint density at radius 3 is 2.67 bits per heavy atom. The third-order valence-corrected chi connectivity index (χ3v) is 4.70. The second kappa shape index (κ2) is 7.62. The molecule has 1 aromatic heterocycles. The molecule has 5 nitrogen and oxygen atoms in total. The van der Waals surface area contributed by atoms with Gasteiger partial charge in [0.15, 0.2) is 11.7 Å². The van der Waals surface area contributed by atoms with Crippen molar-refractivity contribution in [1.82, 2.24) is 15.2 Å². The zero-order valence-electron chi connectivity index (χ0n) is 14.4. The molecule has 1 saturated heterocycles. The Bertz CT molecular complexity index is 670. The van der Waals surface area contributed by atoms with Crippen molar-refractivity contribution in [3.63, 3.8) is 0 Å². The van der Waals surface area contributed by atoms with Gasteiger partial charge < -0.3 is 14.6 Å². The fourth-order valence-corrected chi connectivity index (χ4v) is 3.07. The van der Waals surface area contributed by atoms with E-state index in [1.54, 1.807) is 6.20 Å². The molecule has 0 spiro atoms. The highest BCUT2D eigenvalue weighted by atomic mass is 16.4. The van der Waals surface area contributed by atoms with E-state index >= 15 is 0 Å². The molecule has 0 unspecified atom stereocenters. The smallest absolute Gasteiger partial charge is 0.223 e. The molecular formula is C19H25N3O2. The fraction of sp³-hybridized carbons (Fsp3) is 0.474. The van der Waals surface area contributed by atoms with Gasteiger partial charge in [0, 0.05) is 37.5 Å². The molecule has 0 bridgehead atoms. The van der Waals surface area contributed by atoms with E-state index in [9.17, 15) is 4.79 Å². The lowest BCUT2D eigenvalue weighted by Gasteiger charge is -2.31. The van der Waals surface area contributed by atoms with Crippen molar-refractivity contribution in [2.45, 2.75) is 38.6 Å². The Hall–Kier alpha value is -2.14. The summed E-state index contributed by atoms with van der Waals surface area (Å²) in [6.07, 6.45) is 4.80. The summed E-state index contributed by atoms with van der Waals surface area (Å²) in [5.41, 5.74) is 2.23. The van der Waals surface area contributed by atoms with E-state index in [-0.39, 0.29) is 5.91 Å². The van der Waals surface area contributed by atoms with Gasteiger partial charge in [0.25, 0.3) is 0 Å². The summed E-state index contributed by atoms with van der Waals surface area (Å²) in [6, 6.07) is 8.69. The van der Waals surface area contributed by atoms with Gasteiger partial charge in [0.1, 0.15) is 0 Å². The highest BCUT2D eigenvalue weighted by Crippen LogP contribution is 2.21. The molecule has 0 atom stereocenters. The number of hydrogen-bond donors (Lipinski definition) is 1. The van der Waals surface area contributed by atoms with Gasteiger partial charge in [-0.25, -0.2) is 4.98 Å². The van der Waals surface area contributed by atoms with Crippen molar-refractivity contribution in [3.8, 4) is 11.3 Å². The van der Waals surface area contributed by atoms with Crippen LogP contribution in [0.5, 0.6) is 0 Å². The molecule has 2 heterocycles. The van der Waals surface area contributed by atoms with E-state index in [1.807, 2.05) is 24.1 Å². The number of benzene rings is 1. The van der Waals surface area contributed by atoms with Gasteiger partial charge in [-0.15, -0.1) is 0 Å². The van der Waals surface area contributed by atoms with E-state index in [0.29, 0.717) is 24.8 Å². The first-order chi connectivity index (χ1) is 11.7. The number of nitrogens with zero attached hydrogens (tertiary/aromatic N) is 2. The van der Waals surface area contributed by atoms with Gasteiger partial charge in [0.05, 0.1) is 6.20 Å². The summed E-state index contributed by atoms with van der Waals surface area (Å²) in [4.78, 5) is 18.6. The van der Waals surface area contributed by atoms with Crippen LogP contribution in [0.4, 0.5) is 0 Å².